The molecule has 106 valence electrons. The van der Waals surface area contributed by atoms with E-state index in [2.05, 4.69) is 5.32 Å². The van der Waals surface area contributed by atoms with Gasteiger partial charge in [-0.05, 0) is 33.9 Å². The second-order valence-corrected chi connectivity index (χ2v) is 4.88. The lowest BCUT2D eigenvalue weighted by Gasteiger charge is -2.16. The quantitative estimate of drug-likeness (QED) is 0.811. The van der Waals surface area contributed by atoms with E-state index in [1.54, 1.807) is 18.9 Å². The molecule has 6 heteroatoms. The van der Waals surface area contributed by atoms with E-state index in [-0.39, 0.29) is 24.1 Å². The molecule has 0 bridgehead atoms. The molecular formula is C13H20N2O4. The Kier molecular flexibility index (Phi) is 5.11. The van der Waals surface area contributed by atoms with Crippen LogP contribution in [0.25, 0.3) is 0 Å². The van der Waals surface area contributed by atoms with Crippen molar-refractivity contribution >= 4 is 11.9 Å². The van der Waals surface area contributed by atoms with Gasteiger partial charge in [0.15, 0.2) is 0 Å². The van der Waals surface area contributed by atoms with E-state index in [1.807, 2.05) is 13.8 Å². The number of likely N-dealkylation sites (N-methyl/N-ethyl adjacent to an activating group) is 1. The number of carbonyl (C=O) groups is 2. The molecule has 1 amide bonds. The Bertz CT molecular complexity index is 465. The van der Waals surface area contributed by atoms with Gasteiger partial charge in [0, 0.05) is 6.04 Å². The largest absolute Gasteiger partial charge is 0.478 e. The zero-order valence-electron chi connectivity index (χ0n) is 11.7. The molecule has 0 unspecified atom stereocenters. The summed E-state index contributed by atoms with van der Waals surface area (Å²) in [6.45, 7) is 6.03. The summed E-state index contributed by atoms with van der Waals surface area (Å²) in [5.74, 6) is -0.163. The highest BCUT2D eigenvalue weighted by molar-refractivity contribution is 5.88. The first kappa shape index (κ1) is 15.2. The standard InChI is InChI=1S/C13H20N2O4/c1-8(2)14-12(16)7-15(4)6-10-5-11(13(17)18)9(3)19-10/h5,8H,6-7H2,1-4H3,(H,14,16)(H,17,18). The molecule has 0 atom stereocenters. The van der Waals surface area contributed by atoms with Gasteiger partial charge >= 0.3 is 5.97 Å². The lowest BCUT2D eigenvalue weighted by molar-refractivity contribution is -0.122. The van der Waals surface area contributed by atoms with Crippen LogP contribution in [0.4, 0.5) is 0 Å². The minimum atomic E-state index is -1.01. The minimum absolute atomic E-state index is 0.0702. The van der Waals surface area contributed by atoms with Gasteiger partial charge in [-0.25, -0.2) is 4.79 Å². The van der Waals surface area contributed by atoms with E-state index in [1.165, 1.54) is 6.07 Å². The summed E-state index contributed by atoms with van der Waals surface area (Å²) < 4.78 is 5.36. The van der Waals surface area contributed by atoms with Crippen LogP contribution in [0.2, 0.25) is 0 Å². The van der Waals surface area contributed by atoms with Gasteiger partial charge in [0.25, 0.3) is 0 Å². The summed E-state index contributed by atoms with van der Waals surface area (Å²) in [6, 6.07) is 1.60. The van der Waals surface area contributed by atoms with Crippen molar-refractivity contribution in [3.8, 4) is 0 Å². The predicted molar refractivity (Wildman–Crippen MR) is 70.0 cm³/mol. The molecule has 0 radical (unpaired) electrons. The number of aromatic carboxylic acids is 1. The van der Waals surface area contributed by atoms with Crippen LogP contribution in [0.1, 0.15) is 35.7 Å². The van der Waals surface area contributed by atoms with Crippen LogP contribution < -0.4 is 5.32 Å². The highest BCUT2D eigenvalue weighted by atomic mass is 16.4. The molecule has 0 saturated heterocycles. The van der Waals surface area contributed by atoms with Crippen LogP contribution in [-0.2, 0) is 11.3 Å². The van der Waals surface area contributed by atoms with E-state index >= 15 is 0 Å². The van der Waals surface area contributed by atoms with E-state index in [0.29, 0.717) is 18.1 Å². The van der Waals surface area contributed by atoms with Crippen molar-refractivity contribution in [3.05, 3.63) is 23.2 Å². The van der Waals surface area contributed by atoms with Gasteiger partial charge in [0.2, 0.25) is 5.91 Å². The molecule has 2 N–H and O–H groups in total. The van der Waals surface area contributed by atoms with E-state index < -0.39 is 5.97 Å². The Morgan fingerprint density at radius 3 is 2.58 bits per heavy atom. The second kappa shape index (κ2) is 6.38. The first-order chi connectivity index (χ1) is 8.79. The van der Waals surface area contributed by atoms with Crippen LogP contribution in [0, 0.1) is 6.92 Å². The molecule has 1 heterocycles. The highest BCUT2D eigenvalue weighted by Crippen LogP contribution is 2.15. The van der Waals surface area contributed by atoms with E-state index in [4.69, 9.17) is 9.52 Å². The van der Waals surface area contributed by atoms with Crippen molar-refractivity contribution in [2.75, 3.05) is 13.6 Å². The van der Waals surface area contributed by atoms with Gasteiger partial charge in [-0.15, -0.1) is 0 Å². The number of nitrogens with one attached hydrogen (secondary N) is 1. The minimum Gasteiger partial charge on any atom is -0.478 e. The van der Waals surface area contributed by atoms with Crippen LogP contribution >= 0.6 is 0 Å². The molecule has 0 aliphatic carbocycles. The van der Waals surface area contributed by atoms with Crippen LogP contribution in [0.3, 0.4) is 0 Å². The first-order valence-electron chi connectivity index (χ1n) is 6.10. The zero-order chi connectivity index (χ0) is 14.6. The fraction of sp³-hybridized carbons (Fsp3) is 0.538. The summed E-state index contributed by atoms with van der Waals surface area (Å²) in [5, 5.41) is 11.7. The first-order valence-corrected chi connectivity index (χ1v) is 6.10. The maximum absolute atomic E-state index is 11.6. The lowest BCUT2D eigenvalue weighted by Crippen LogP contribution is -2.38. The SMILES string of the molecule is Cc1oc(CN(C)CC(=O)NC(C)C)cc1C(=O)O. The lowest BCUT2D eigenvalue weighted by atomic mass is 10.2. The molecule has 1 aromatic heterocycles. The number of carboxylic acid groups (broad SMARTS) is 1. The molecule has 19 heavy (non-hydrogen) atoms. The molecule has 0 aliphatic heterocycles. The number of nitrogens with zero attached hydrogens (tertiary/aromatic N) is 1. The van der Waals surface area contributed by atoms with Gasteiger partial charge in [-0.3, -0.25) is 9.69 Å². The van der Waals surface area contributed by atoms with Crippen LogP contribution in [-0.4, -0.2) is 41.5 Å². The smallest absolute Gasteiger partial charge is 0.339 e. The van der Waals surface area contributed by atoms with Gasteiger partial charge in [-0.2, -0.15) is 0 Å². The number of hydrogen-bond acceptors (Lipinski definition) is 4. The topological polar surface area (TPSA) is 82.8 Å². The average molecular weight is 268 g/mol. The Morgan fingerprint density at radius 1 is 1.47 bits per heavy atom. The molecular weight excluding hydrogens is 248 g/mol. The van der Waals surface area contributed by atoms with Crippen LogP contribution in [0.5, 0.6) is 0 Å². The summed E-state index contributed by atoms with van der Waals surface area (Å²) in [7, 11) is 1.78. The van der Waals surface area contributed by atoms with Crippen molar-refractivity contribution in [1.82, 2.24) is 10.2 Å². The summed E-state index contributed by atoms with van der Waals surface area (Å²) in [4.78, 5) is 24.2. The monoisotopic (exact) mass is 268 g/mol. The zero-order valence-corrected chi connectivity index (χ0v) is 11.7. The molecule has 0 aromatic carbocycles. The van der Waals surface area contributed by atoms with Crippen molar-refractivity contribution in [1.29, 1.82) is 0 Å². The van der Waals surface area contributed by atoms with Gasteiger partial charge in [0.1, 0.15) is 17.1 Å². The fourth-order valence-electron chi connectivity index (χ4n) is 1.77. The third-order valence-corrected chi connectivity index (χ3v) is 2.49. The third-order valence-electron chi connectivity index (χ3n) is 2.49. The van der Waals surface area contributed by atoms with E-state index in [9.17, 15) is 9.59 Å². The average Bonchev–Trinajstić information content (AvgIpc) is 2.57. The van der Waals surface area contributed by atoms with Crippen LogP contribution in [0.15, 0.2) is 10.5 Å². The maximum Gasteiger partial charge on any atom is 0.339 e. The number of carbonyl (C=O) groups excluding carboxylic acids is 1. The number of hydrogen-bond donors (Lipinski definition) is 2. The molecule has 0 fully saturated rings. The maximum atomic E-state index is 11.6. The summed E-state index contributed by atoms with van der Waals surface area (Å²) in [5.41, 5.74) is 0.162. The molecule has 6 nitrogen and oxygen atoms in total. The number of rotatable bonds is 6. The highest BCUT2D eigenvalue weighted by Gasteiger charge is 2.15. The van der Waals surface area contributed by atoms with E-state index in [0.717, 1.165) is 0 Å². The molecule has 0 saturated carbocycles. The number of furan rings is 1. The van der Waals surface area contributed by atoms with Gasteiger partial charge < -0.3 is 14.8 Å². The Balaban J connectivity index is 2.57. The molecule has 1 rings (SSSR count). The fourth-order valence-corrected chi connectivity index (χ4v) is 1.77. The number of amides is 1. The van der Waals surface area contributed by atoms with Crippen molar-refractivity contribution < 1.29 is 19.1 Å². The van der Waals surface area contributed by atoms with Crippen molar-refractivity contribution in [2.24, 2.45) is 0 Å². The van der Waals surface area contributed by atoms with Crippen molar-refractivity contribution in [2.45, 2.75) is 33.4 Å². The Hall–Kier alpha value is -1.82. The molecule has 0 aliphatic rings. The number of aryl methyl sites for hydroxylation is 1. The van der Waals surface area contributed by atoms with Gasteiger partial charge in [-0.1, -0.05) is 0 Å². The predicted octanol–water partition coefficient (Wildman–Crippen LogP) is 1.24. The Morgan fingerprint density at radius 2 is 2.11 bits per heavy atom. The normalized spacial score (nSPS) is 11.1. The Labute approximate surface area is 112 Å². The van der Waals surface area contributed by atoms with Crippen molar-refractivity contribution in [3.63, 3.8) is 0 Å². The summed E-state index contributed by atoms with van der Waals surface area (Å²) in [6.07, 6.45) is 0. The third kappa shape index (κ3) is 4.75. The van der Waals surface area contributed by atoms with Gasteiger partial charge in [0.05, 0.1) is 13.1 Å². The second-order valence-electron chi connectivity index (χ2n) is 4.88. The number of carboxylic acids is 1. The summed E-state index contributed by atoms with van der Waals surface area (Å²) >= 11 is 0. The molecule has 0 spiro atoms. The molecule has 1 aromatic rings.